The largest absolute Gasteiger partial charge is 0.482 e. The summed E-state index contributed by atoms with van der Waals surface area (Å²) in [5.74, 6) is 0.836. The van der Waals surface area contributed by atoms with Gasteiger partial charge in [0.15, 0.2) is 6.61 Å². The smallest absolute Gasteiger partial charge is 0.265 e. The van der Waals surface area contributed by atoms with Crippen molar-refractivity contribution in [2.75, 3.05) is 24.6 Å². The number of nitrogens with zero attached hydrogens (tertiary/aromatic N) is 2. The van der Waals surface area contributed by atoms with Gasteiger partial charge in [0.2, 0.25) is 5.91 Å². The summed E-state index contributed by atoms with van der Waals surface area (Å²) in [4.78, 5) is 28.4. The van der Waals surface area contributed by atoms with Crippen molar-refractivity contribution in [2.24, 2.45) is 0 Å². The number of carbonyl (C=O) groups excluding carboxylic acids is 2. The van der Waals surface area contributed by atoms with Crippen LogP contribution in [0.3, 0.4) is 0 Å². The van der Waals surface area contributed by atoms with Crippen LogP contribution in [0.15, 0.2) is 48.5 Å². The fourth-order valence-electron chi connectivity index (χ4n) is 3.65. The molecule has 0 aromatic heterocycles. The van der Waals surface area contributed by atoms with E-state index in [1.807, 2.05) is 41.3 Å². The van der Waals surface area contributed by atoms with Crippen LogP contribution in [-0.4, -0.2) is 36.4 Å². The van der Waals surface area contributed by atoms with Crippen molar-refractivity contribution in [3.05, 3.63) is 59.7 Å². The molecule has 5 nitrogen and oxygen atoms in total. The molecule has 0 saturated heterocycles. The molecule has 2 aromatic carbocycles. The first-order valence-electron chi connectivity index (χ1n) is 9.09. The number of fused-ring (bicyclic) bond motifs is 2. The Kier molecular flexibility index (Phi) is 4.61. The van der Waals surface area contributed by atoms with Crippen molar-refractivity contribution >= 4 is 17.5 Å². The lowest BCUT2D eigenvalue weighted by Crippen LogP contribution is -2.40. The number of ether oxygens (including phenoxy) is 1. The first-order chi connectivity index (χ1) is 12.7. The Bertz CT molecular complexity index is 834. The van der Waals surface area contributed by atoms with Crippen LogP contribution in [0.1, 0.15) is 24.0 Å². The first-order valence-corrected chi connectivity index (χ1v) is 9.09. The van der Waals surface area contributed by atoms with E-state index >= 15 is 0 Å². The fraction of sp³-hybridized carbons (Fsp3) is 0.333. The standard InChI is InChI=1S/C21H22N2O3/c24-20(22-13-11-16-6-1-2-7-17(16)14-22)10-5-12-23-18-8-3-4-9-19(18)26-15-21(23)25/h1-4,6-9H,5,10-15H2. The lowest BCUT2D eigenvalue weighted by atomic mass is 9.99. The van der Waals surface area contributed by atoms with E-state index in [1.165, 1.54) is 11.1 Å². The summed E-state index contributed by atoms with van der Waals surface area (Å²) in [7, 11) is 0. The average molecular weight is 350 g/mol. The van der Waals surface area contributed by atoms with Gasteiger partial charge in [0.25, 0.3) is 5.91 Å². The Morgan fingerprint density at radius 3 is 2.69 bits per heavy atom. The highest BCUT2D eigenvalue weighted by Gasteiger charge is 2.25. The molecule has 26 heavy (non-hydrogen) atoms. The molecule has 2 aliphatic rings. The second-order valence-electron chi connectivity index (χ2n) is 6.74. The Balaban J connectivity index is 1.34. The van der Waals surface area contributed by atoms with Crippen molar-refractivity contribution in [2.45, 2.75) is 25.8 Å². The molecule has 0 atom stereocenters. The molecule has 2 heterocycles. The van der Waals surface area contributed by atoms with Crippen LogP contribution in [0.5, 0.6) is 5.75 Å². The predicted octanol–water partition coefficient (Wildman–Crippen LogP) is 2.78. The van der Waals surface area contributed by atoms with Crippen molar-refractivity contribution < 1.29 is 14.3 Å². The SMILES string of the molecule is O=C(CCCN1C(=O)COc2ccccc21)N1CCc2ccccc2C1. The van der Waals surface area contributed by atoms with Gasteiger partial charge in [-0.3, -0.25) is 9.59 Å². The Labute approximate surface area is 153 Å². The maximum Gasteiger partial charge on any atom is 0.265 e. The van der Waals surface area contributed by atoms with Crippen molar-refractivity contribution in [1.82, 2.24) is 4.90 Å². The summed E-state index contributed by atoms with van der Waals surface area (Å²) < 4.78 is 5.46. The Morgan fingerprint density at radius 1 is 1.04 bits per heavy atom. The summed E-state index contributed by atoms with van der Waals surface area (Å²) in [6.07, 6.45) is 2.02. The van der Waals surface area contributed by atoms with Crippen LogP contribution in [-0.2, 0) is 22.6 Å². The van der Waals surface area contributed by atoms with Crippen LogP contribution in [0.4, 0.5) is 5.69 Å². The zero-order valence-corrected chi connectivity index (χ0v) is 14.7. The molecule has 2 aromatic rings. The van der Waals surface area contributed by atoms with Gasteiger partial charge in [0, 0.05) is 26.1 Å². The minimum Gasteiger partial charge on any atom is -0.482 e. The van der Waals surface area contributed by atoms with E-state index < -0.39 is 0 Å². The molecule has 0 bridgehead atoms. The van der Waals surface area contributed by atoms with E-state index in [-0.39, 0.29) is 18.4 Å². The van der Waals surface area contributed by atoms with Crippen LogP contribution < -0.4 is 9.64 Å². The van der Waals surface area contributed by atoms with Crippen molar-refractivity contribution in [3.63, 3.8) is 0 Å². The molecule has 0 aliphatic carbocycles. The molecule has 0 N–H and O–H groups in total. The van der Waals surface area contributed by atoms with Gasteiger partial charge in [-0.05, 0) is 36.1 Å². The summed E-state index contributed by atoms with van der Waals surface area (Å²) in [6.45, 7) is 2.06. The summed E-state index contributed by atoms with van der Waals surface area (Å²) in [5, 5.41) is 0. The normalized spacial score (nSPS) is 15.9. The molecule has 0 radical (unpaired) electrons. The van der Waals surface area contributed by atoms with Gasteiger partial charge < -0.3 is 14.5 Å². The third-order valence-electron chi connectivity index (χ3n) is 5.06. The second-order valence-corrected chi connectivity index (χ2v) is 6.74. The second kappa shape index (κ2) is 7.20. The van der Waals surface area contributed by atoms with Crippen LogP contribution in [0.25, 0.3) is 0 Å². The summed E-state index contributed by atoms with van der Waals surface area (Å²) in [6, 6.07) is 15.8. The number of hydrogen-bond donors (Lipinski definition) is 0. The highest BCUT2D eigenvalue weighted by molar-refractivity contribution is 5.97. The third kappa shape index (κ3) is 3.29. The van der Waals surface area contributed by atoms with Gasteiger partial charge in [-0.15, -0.1) is 0 Å². The number of rotatable bonds is 4. The monoisotopic (exact) mass is 350 g/mol. The molecule has 0 fully saturated rings. The van der Waals surface area contributed by atoms with Crippen LogP contribution in [0, 0.1) is 0 Å². The van der Waals surface area contributed by atoms with Crippen molar-refractivity contribution in [3.8, 4) is 5.75 Å². The molecular weight excluding hydrogens is 328 g/mol. The van der Waals surface area contributed by atoms with E-state index in [0.717, 1.165) is 24.4 Å². The topological polar surface area (TPSA) is 49.9 Å². The first kappa shape index (κ1) is 16.6. The maximum atomic E-state index is 12.6. The Morgan fingerprint density at radius 2 is 1.81 bits per heavy atom. The number of para-hydroxylation sites is 2. The molecule has 0 spiro atoms. The molecule has 0 saturated carbocycles. The van der Waals surface area contributed by atoms with Gasteiger partial charge in [-0.25, -0.2) is 0 Å². The number of anilines is 1. The van der Waals surface area contributed by atoms with Crippen molar-refractivity contribution in [1.29, 1.82) is 0 Å². The molecule has 2 aliphatic heterocycles. The summed E-state index contributed by atoms with van der Waals surface area (Å²) >= 11 is 0. The van der Waals surface area contributed by atoms with Gasteiger partial charge in [-0.1, -0.05) is 36.4 Å². The third-order valence-corrected chi connectivity index (χ3v) is 5.06. The number of benzene rings is 2. The minimum absolute atomic E-state index is 0.0527. The van der Waals surface area contributed by atoms with Gasteiger partial charge in [0.1, 0.15) is 5.75 Å². The Hall–Kier alpha value is -2.82. The zero-order valence-electron chi connectivity index (χ0n) is 14.7. The quantitative estimate of drug-likeness (QED) is 0.852. The molecule has 0 unspecified atom stereocenters. The molecule has 4 rings (SSSR count). The maximum absolute atomic E-state index is 12.6. The van der Waals surface area contributed by atoms with Gasteiger partial charge >= 0.3 is 0 Å². The summed E-state index contributed by atoms with van der Waals surface area (Å²) in [5.41, 5.74) is 3.37. The number of carbonyl (C=O) groups is 2. The highest BCUT2D eigenvalue weighted by atomic mass is 16.5. The van der Waals surface area contributed by atoms with Crippen LogP contribution >= 0.6 is 0 Å². The zero-order chi connectivity index (χ0) is 17.9. The minimum atomic E-state index is -0.0527. The highest BCUT2D eigenvalue weighted by Crippen LogP contribution is 2.31. The van der Waals surface area contributed by atoms with E-state index in [9.17, 15) is 9.59 Å². The molecule has 2 amide bonds. The average Bonchev–Trinajstić information content (AvgIpc) is 2.69. The molecular formula is C21H22N2O3. The number of amides is 2. The molecule has 5 heteroatoms. The van der Waals surface area contributed by atoms with Crippen LogP contribution in [0.2, 0.25) is 0 Å². The lowest BCUT2D eigenvalue weighted by Gasteiger charge is -2.31. The van der Waals surface area contributed by atoms with Gasteiger partial charge in [0.05, 0.1) is 5.69 Å². The fourth-order valence-corrected chi connectivity index (χ4v) is 3.65. The van der Waals surface area contributed by atoms with E-state index in [4.69, 9.17) is 4.74 Å². The number of hydrogen-bond acceptors (Lipinski definition) is 3. The predicted molar refractivity (Wildman–Crippen MR) is 99.1 cm³/mol. The van der Waals surface area contributed by atoms with E-state index in [2.05, 4.69) is 12.1 Å². The van der Waals surface area contributed by atoms with E-state index in [1.54, 1.807) is 4.90 Å². The van der Waals surface area contributed by atoms with Gasteiger partial charge in [-0.2, -0.15) is 0 Å². The van der Waals surface area contributed by atoms with E-state index in [0.29, 0.717) is 25.9 Å². The molecule has 134 valence electrons. The lowest BCUT2D eigenvalue weighted by molar-refractivity contribution is -0.132.